The highest BCUT2D eigenvalue weighted by atomic mass is 16.5. The summed E-state index contributed by atoms with van der Waals surface area (Å²) in [6.45, 7) is 8.84. The quantitative estimate of drug-likeness (QED) is 0.698. The van der Waals surface area contributed by atoms with Gasteiger partial charge in [0.05, 0.1) is 13.2 Å². The summed E-state index contributed by atoms with van der Waals surface area (Å²) in [5.74, 6) is -0.0704. The van der Waals surface area contributed by atoms with Gasteiger partial charge in [-0.3, -0.25) is 9.59 Å². The van der Waals surface area contributed by atoms with Crippen LogP contribution >= 0.6 is 0 Å². The maximum absolute atomic E-state index is 13.1. The smallest absolute Gasteiger partial charge is 0.254 e. The van der Waals surface area contributed by atoms with E-state index in [4.69, 9.17) is 4.74 Å². The van der Waals surface area contributed by atoms with E-state index in [1.54, 1.807) is 29.2 Å². The monoisotopic (exact) mass is 490 g/mol. The van der Waals surface area contributed by atoms with E-state index in [0.29, 0.717) is 37.4 Å². The Labute approximate surface area is 214 Å². The predicted molar refractivity (Wildman–Crippen MR) is 142 cm³/mol. The fourth-order valence-electron chi connectivity index (χ4n) is 5.72. The number of likely N-dealkylation sites (N-methyl/N-ethyl adjacent to an activating group) is 1. The van der Waals surface area contributed by atoms with Gasteiger partial charge < -0.3 is 24.8 Å². The average molecular weight is 491 g/mol. The number of rotatable bonds is 5. The lowest BCUT2D eigenvalue weighted by molar-refractivity contribution is 0.0303. The van der Waals surface area contributed by atoms with Crippen molar-refractivity contribution in [1.29, 1.82) is 0 Å². The fourth-order valence-corrected chi connectivity index (χ4v) is 5.72. The fraction of sp³-hybridized carbons (Fsp3) is 0.517. The van der Waals surface area contributed by atoms with Crippen LogP contribution in [0.2, 0.25) is 0 Å². The van der Waals surface area contributed by atoms with E-state index < -0.39 is 0 Å². The zero-order chi connectivity index (χ0) is 25.1. The van der Waals surface area contributed by atoms with E-state index >= 15 is 0 Å². The number of carbonyl (C=O) groups is 2. The first kappa shape index (κ1) is 24.8. The number of piperazine rings is 1. The second kappa shape index (κ2) is 11.0. The second-order valence-electron chi connectivity index (χ2n) is 10.2. The van der Waals surface area contributed by atoms with Gasteiger partial charge in [-0.05, 0) is 79.8 Å². The molecule has 0 radical (unpaired) electrons. The standard InChI is InChI=1S/C29H38N4O3/c1-3-21-8-11-27(32-14-12-31(2)13-15-32)26-20-24(9-10-25(21)26)30-28(34)22-4-6-23(7-5-22)29(35)33-16-18-36-19-17-33/h4-8,11,24H,3,9-10,12-20H2,1-2H3,(H,30,34). The lowest BCUT2D eigenvalue weighted by Crippen LogP contribution is -2.45. The predicted octanol–water partition coefficient (Wildman–Crippen LogP) is 2.76. The zero-order valence-electron chi connectivity index (χ0n) is 21.6. The first-order chi connectivity index (χ1) is 17.5. The summed E-state index contributed by atoms with van der Waals surface area (Å²) < 4.78 is 5.34. The Morgan fingerprint density at radius 3 is 2.31 bits per heavy atom. The number of amides is 2. The van der Waals surface area contributed by atoms with Crippen LogP contribution in [0.25, 0.3) is 0 Å². The van der Waals surface area contributed by atoms with Crippen LogP contribution in [0.1, 0.15) is 50.8 Å². The lowest BCUT2D eigenvalue weighted by Gasteiger charge is -2.38. The van der Waals surface area contributed by atoms with E-state index in [9.17, 15) is 9.59 Å². The molecule has 5 rings (SSSR count). The second-order valence-corrected chi connectivity index (χ2v) is 10.2. The molecule has 192 valence electrons. The van der Waals surface area contributed by atoms with Crippen molar-refractivity contribution in [1.82, 2.24) is 15.1 Å². The van der Waals surface area contributed by atoms with Crippen LogP contribution in [0.5, 0.6) is 0 Å². The van der Waals surface area contributed by atoms with Crippen LogP contribution < -0.4 is 10.2 Å². The van der Waals surface area contributed by atoms with Gasteiger partial charge in [-0.1, -0.05) is 13.0 Å². The van der Waals surface area contributed by atoms with Crippen molar-refractivity contribution in [2.75, 3.05) is 64.4 Å². The van der Waals surface area contributed by atoms with Crippen molar-refractivity contribution in [3.8, 4) is 0 Å². The van der Waals surface area contributed by atoms with Gasteiger partial charge in [-0.2, -0.15) is 0 Å². The highest BCUT2D eigenvalue weighted by Crippen LogP contribution is 2.34. The van der Waals surface area contributed by atoms with E-state index in [-0.39, 0.29) is 17.9 Å². The molecule has 7 nitrogen and oxygen atoms in total. The molecule has 1 N–H and O–H groups in total. The van der Waals surface area contributed by atoms with Gasteiger partial charge in [0, 0.05) is 62.1 Å². The Hall–Kier alpha value is -2.90. The van der Waals surface area contributed by atoms with Crippen molar-refractivity contribution in [2.45, 2.75) is 38.6 Å². The maximum atomic E-state index is 13.1. The highest BCUT2D eigenvalue weighted by Gasteiger charge is 2.27. The molecule has 2 amide bonds. The summed E-state index contributed by atoms with van der Waals surface area (Å²) in [6.07, 6.45) is 3.85. The van der Waals surface area contributed by atoms with Gasteiger partial charge >= 0.3 is 0 Å². The van der Waals surface area contributed by atoms with Gasteiger partial charge in [0.2, 0.25) is 0 Å². The van der Waals surface area contributed by atoms with Gasteiger partial charge in [0.15, 0.2) is 0 Å². The van der Waals surface area contributed by atoms with Crippen molar-refractivity contribution >= 4 is 17.5 Å². The highest BCUT2D eigenvalue weighted by molar-refractivity contribution is 5.98. The van der Waals surface area contributed by atoms with Gasteiger partial charge in [0.25, 0.3) is 11.8 Å². The maximum Gasteiger partial charge on any atom is 0.254 e. The molecule has 7 heteroatoms. The minimum Gasteiger partial charge on any atom is -0.378 e. The summed E-state index contributed by atoms with van der Waals surface area (Å²) in [4.78, 5) is 32.5. The molecule has 2 saturated heterocycles. The van der Waals surface area contributed by atoms with Crippen molar-refractivity contribution in [3.63, 3.8) is 0 Å². The van der Waals surface area contributed by atoms with Crippen molar-refractivity contribution in [3.05, 3.63) is 64.2 Å². The summed E-state index contributed by atoms with van der Waals surface area (Å²) in [5, 5.41) is 3.29. The Morgan fingerprint density at radius 2 is 1.61 bits per heavy atom. The number of aryl methyl sites for hydroxylation is 1. The van der Waals surface area contributed by atoms with Crippen LogP contribution in [0.3, 0.4) is 0 Å². The molecule has 0 spiro atoms. The molecule has 3 aliphatic rings. The molecule has 2 fully saturated rings. The van der Waals surface area contributed by atoms with Crippen LogP contribution in [-0.4, -0.2) is 87.2 Å². The Bertz CT molecular complexity index is 1090. The zero-order valence-corrected chi connectivity index (χ0v) is 21.6. The molecule has 0 saturated carbocycles. The minimum absolute atomic E-state index is 0.00249. The summed E-state index contributed by atoms with van der Waals surface area (Å²) in [5.41, 5.74) is 6.91. The molecular formula is C29H38N4O3. The van der Waals surface area contributed by atoms with Crippen LogP contribution in [0.4, 0.5) is 5.69 Å². The topological polar surface area (TPSA) is 65.1 Å². The first-order valence-corrected chi connectivity index (χ1v) is 13.4. The number of fused-ring (bicyclic) bond motifs is 1. The van der Waals surface area contributed by atoms with Crippen LogP contribution in [0, 0.1) is 0 Å². The molecule has 0 bridgehead atoms. The molecule has 0 aromatic heterocycles. The number of hydrogen-bond donors (Lipinski definition) is 1. The summed E-state index contributed by atoms with van der Waals surface area (Å²) in [7, 11) is 2.18. The Kier molecular flexibility index (Phi) is 7.58. The molecule has 1 atom stereocenters. The Balaban J connectivity index is 1.27. The molecule has 36 heavy (non-hydrogen) atoms. The van der Waals surface area contributed by atoms with E-state index in [2.05, 4.69) is 41.2 Å². The van der Waals surface area contributed by atoms with E-state index in [0.717, 1.165) is 51.9 Å². The summed E-state index contributed by atoms with van der Waals surface area (Å²) >= 11 is 0. The minimum atomic E-state index is -0.0679. The van der Waals surface area contributed by atoms with Gasteiger partial charge in [-0.25, -0.2) is 0 Å². The van der Waals surface area contributed by atoms with Crippen LogP contribution in [0.15, 0.2) is 36.4 Å². The largest absolute Gasteiger partial charge is 0.378 e. The number of anilines is 1. The molecular weight excluding hydrogens is 452 g/mol. The summed E-state index contributed by atoms with van der Waals surface area (Å²) in [6, 6.07) is 11.8. The number of carbonyl (C=O) groups excluding carboxylic acids is 2. The average Bonchev–Trinajstić information content (AvgIpc) is 2.93. The third-order valence-electron chi connectivity index (χ3n) is 7.95. The van der Waals surface area contributed by atoms with Crippen LogP contribution in [-0.2, 0) is 24.0 Å². The number of hydrogen-bond acceptors (Lipinski definition) is 5. The lowest BCUT2D eigenvalue weighted by atomic mass is 9.83. The van der Waals surface area contributed by atoms with Gasteiger partial charge in [0.1, 0.15) is 0 Å². The third kappa shape index (κ3) is 5.27. The van der Waals surface area contributed by atoms with E-state index in [1.807, 2.05) is 0 Å². The Morgan fingerprint density at radius 1 is 0.917 bits per heavy atom. The van der Waals surface area contributed by atoms with E-state index in [1.165, 1.54) is 22.4 Å². The normalized spacial score (nSPS) is 20.7. The van der Waals surface area contributed by atoms with Gasteiger partial charge in [-0.15, -0.1) is 0 Å². The number of ether oxygens (including phenoxy) is 1. The first-order valence-electron chi connectivity index (χ1n) is 13.4. The third-order valence-corrected chi connectivity index (χ3v) is 7.95. The number of nitrogens with one attached hydrogen (secondary N) is 1. The molecule has 2 aliphatic heterocycles. The SMILES string of the molecule is CCc1ccc(N2CCN(C)CC2)c2c1CCC(NC(=O)c1ccc(C(=O)N3CCOCC3)cc1)C2. The molecule has 1 aliphatic carbocycles. The molecule has 2 heterocycles. The molecule has 2 aromatic carbocycles. The number of morpholine rings is 1. The number of nitrogens with zero attached hydrogens (tertiary/aromatic N) is 3. The van der Waals surface area contributed by atoms with Crippen molar-refractivity contribution < 1.29 is 14.3 Å². The van der Waals surface area contributed by atoms with Crippen molar-refractivity contribution in [2.24, 2.45) is 0 Å². The molecule has 1 unspecified atom stereocenters. The molecule has 2 aromatic rings. The number of benzene rings is 2.